The van der Waals surface area contributed by atoms with Crippen molar-refractivity contribution in [1.82, 2.24) is 14.8 Å². The number of unbranched alkanes of at least 4 members (excludes halogenated alkanes) is 1. The zero-order valence-corrected chi connectivity index (χ0v) is 9.36. The Bertz CT molecular complexity index is 249. The fraction of sp³-hybridized carbons (Fsp3) is 1.00. The third kappa shape index (κ3) is 4.36. The Morgan fingerprint density at radius 1 is 1.43 bits per heavy atom. The lowest BCUT2D eigenvalue weighted by Gasteiger charge is -2.27. The van der Waals surface area contributed by atoms with Crippen LogP contribution in [-0.4, -0.2) is 34.6 Å². The smallest absolute Gasteiger partial charge is 0.276 e. The Balaban J connectivity index is 1.93. The van der Waals surface area contributed by atoms with Gasteiger partial charge in [-0.25, -0.2) is 9.44 Å². The molecule has 0 aliphatic carbocycles. The Kier molecular flexibility index (Phi) is 4.80. The topological polar surface area (TPSA) is 70.2 Å². The molecule has 5 nitrogen and oxygen atoms in total. The van der Waals surface area contributed by atoms with Gasteiger partial charge in [0.15, 0.2) is 0 Å². The Morgan fingerprint density at radius 2 is 2.14 bits per heavy atom. The highest BCUT2D eigenvalue weighted by Crippen LogP contribution is 2.09. The number of rotatable bonds is 7. The summed E-state index contributed by atoms with van der Waals surface area (Å²) in [6.07, 6.45) is 4.40. The summed E-state index contributed by atoms with van der Waals surface area (Å²) in [5, 5.41) is 3.31. The van der Waals surface area contributed by atoms with Crippen LogP contribution >= 0.6 is 0 Å². The van der Waals surface area contributed by atoms with E-state index < -0.39 is 10.2 Å². The zero-order chi connectivity index (χ0) is 10.4. The zero-order valence-electron chi connectivity index (χ0n) is 8.54. The van der Waals surface area contributed by atoms with Crippen LogP contribution in [0.2, 0.25) is 0 Å². The van der Waals surface area contributed by atoms with E-state index in [1.54, 1.807) is 0 Å². The lowest BCUT2D eigenvalue weighted by atomic mass is 10.0. The van der Waals surface area contributed by atoms with Gasteiger partial charge in [-0.05, 0) is 25.8 Å². The molecule has 0 amide bonds. The van der Waals surface area contributed by atoms with Gasteiger partial charge in [-0.15, -0.1) is 0 Å². The maximum absolute atomic E-state index is 10.9. The van der Waals surface area contributed by atoms with Crippen LogP contribution in [0.15, 0.2) is 0 Å². The van der Waals surface area contributed by atoms with Crippen LogP contribution < -0.4 is 14.8 Å². The molecule has 1 saturated heterocycles. The molecule has 0 aromatic rings. The maximum Gasteiger partial charge on any atom is 0.276 e. The van der Waals surface area contributed by atoms with Crippen molar-refractivity contribution in [3.8, 4) is 0 Å². The molecule has 84 valence electrons. The van der Waals surface area contributed by atoms with E-state index in [1.807, 2.05) is 0 Å². The molecule has 0 spiro atoms. The lowest BCUT2D eigenvalue weighted by Crippen LogP contribution is -2.42. The molecule has 6 heteroatoms. The monoisotopic (exact) mass is 221 g/mol. The second kappa shape index (κ2) is 5.65. The van der Waals surface area contributed by atoms with Gasteiger partial charge in [0.1, 0.15) is 0 Å². The normalized spacial score (nSPS) is 21.9. The SMILES string of the molecule is CNS(=O)(=O)NCCCCC1CCN1. The molecule has 1 aliphatic rings. The molecule has 0 radical (unpaired) electrons. The molecule has 1 aliphatic heterocycles. The summed E-state index contributed by atoms with van der Waals surface area (Å²) in [4.78, 5) is 0. The van der Waals surface area contributed by atoms with E-state index in [0.29, 0.717) is 12.6 Å². The van der Waals surface area contributed by atoms with Crippen molar-refractivity contribution in [2.24, 2.45) is 0 Å². The second-order valence-electron chi connectivity index (χ2n) is 3.54. The third-order valence-corrected chi connectivity index (χ3v) is 3.59. The van der Waals surface area contributed by atoms with Gasteiger partial charge < -0.3 is 5.32 Å². The summed E-state index contributed by atoms with van der Waals surface area (Å²) in [6, 6.07) is 0.677. The quantitative estimate of drug-likeness (QED) is 0.511. The van der Waals surface area contributed by atoms with Crippen molar-refractivity contribution in [2.75, 3.05) is 20.1 Å². The molecule has 1 unspecified atom stereocenters. The molecule has 1 rings (SSSR count). The average Bonchev–Trinajstić information content (AvgIpc) is 2.08. The van der Waals surface area contributed by atoms with E-state index in [0.717, 1.165) is 25.8 Å². The van der Waals surface area contributed by atoms with Gasteiger partial charge in [0.25, 0.3) is 10.2 Å². The van der Waals surface area contributed by atoms with Gasteiger partial charge in [0.2, 0.25) is 0 Å². The predicted octanol–water partition coefficient (Wildman–Crippen LogP) is -0.428. The van der Waals surface area contributed by atoms with E-state index in [4.69, 9.17) is 0 Å². The molecule has 1 fully saturated rings. The molecule has 0 bridgehead atoms. The summed E-state index contributed by atoms with van der Waals surface area (Å²) in [6.45, 7) is 1.66. The largest absolute Gasteiger partial charge is 0.314 e. The standard InChI is InChI=1S/C8H19N3O2S/c1-9-14(12,13)11-6-3-2-4-8-5-7-10-8/h8-11H,2-7H2,1H3. The van der Waals surface area contributed by atoms with Crippen LogP contribution in [0, 0.1) is 0 Å². The highest BCUT2D eigenvalue weighted by molar-refractivity contribution is 7.87. The van der Waals surface area contributed by atoms with Crippen LogP contribution in [0.4, 0.5) is 0 Å². The highest BCUT2D eigenvalue weighted by atomic mass is 32.2. The minimum Gasteiger partial charge on any atom is -0.314 e. The van der Waals surface area contributed by atoms with Gasteiger partial charge in [-0.3, -0.25) is 0 Å². The molecule has 0 aromatic heterocycles. The predicted molar refractivity (Wildman–Crippen MR) is 56.2 cm³/mol. The van der Waals surface area contributed by atoms with E-state index >= 15 is 0 Å². The molecule has 3 N–H and O–H groups in total. The molecule has 14 heavy (non-hydrogen) atoms. The molecular weight excluding hydrogens is 202 g/mol. The average molecular weight is 221 g/mol. The van der Waals surface area contributed by atoms with Crippen LogP contribution in [0.1, 0.15) is 25.7 Å². The van der Waals surface area contributed by atoms with Gasteiger partial charge in [0.05, 0.1) is 0 Å². The minimum atomic E-state index is -3.23. The van der Waals surface area contributed by atoms with E-state index in [-0.39, 0.29) is 0 Å². The highest BCUT2D eigenvalue weighted by Gasteiger charge is 2.14. The minimum absolute atomic E-state index is 0.524. The van der Waals surface area contributed by atoms with Crippen LogP contribution in [0.5, 0.6) is 0 Å². The fourth-order valence-electron chi connectivity index (χ4n) is 1.39. The Morgan fingerprint density at radius 3 is 2.64 bits per heavy atom. The third-order valence-electron chi connectivity index (χ3n) is 2.47. The Labute approximate surface area is 85.8 Å². The first-order valence-electron chi connectivity index (χ1n) is 5.05. The number of nitrogens with one attached hydrogen (secondary N) is 3. The summed E-state index contributed by atoms with van der Waals surface area (Å²) in [7, 11) is -1.82. The van der Waals surface area contributed by atoms with Crippen molar-refractivity contribution < 1.29 is 8.42 Å². The molecular formula is C8H19N3O2S. The molecule has 0 saturated carbocycles. The fourth-order valence-corrected chi connectivity index (χ4v) is 1.95. The van der Waals surface area contributed by atoms with Crippen molar-refractivity contribution in [3.63, 3.8) is 0 Å². The van der Waals surface area contributed by atoms with Crippen LogP contribution in [0.25, 0.3) is 0 Å². The van der Waals surface area contributed by atoms with Crippen molar-refractivity contribution in [1.29, 1.82) is 0 Å². The van der Waals surface area contributed by atoms with Gasteiger partial charge in [0, 0.05) is 19.6 Å². The first-order chi connectivity index (χ1) is 6.64. The summed E-state index contributed by atoms with van der Waals surface area (Å²) in [5.74, 6) is 0. The van der Waals surface area contributed by atoms with Crippen molar-refractivity contribution >= 4 is 10.2 Å². The first-order valence-corrected chi connectivity index (χ1v) is 6.54. The van der Waals surface area contributed by atoms with Crippen LogP contribution in [-0.2, 0) is 10.2 Å². The van der Waals surface area contributed by atoms with Gasteiger partial charge in [-0.1, -0.05) is 6.42 Å². The lowest BCUT2D eigenvalue weighted by molar-refractivity contribution is 0.341. The molecule has 0 aromatic carbocycles. The van der Waals surface area contributed by atoms with E-state index in [1.165, 1.54) is 13.5 Å². The summed E-state index contributed by atoms with van der Waals surface area (Å²) < 4.78 is 26.5. The second-order valence-corrected chi connectivity index (χ2v) is 5.24. The van der Waals surface area contributed by atoms with Crippen molar-refractivity contribution in [2.45, 2.75) is 31.7 Å². The number of hydrogen-bond acceptors (Lipinski definition) is 3. The summed E-state index contributed by atoms with van der Waals surface area (Å²) >= 11 is 0. The van der Waals surface area contributed by atoms with Crippen molar-refractivity contribution in [3.05, 3.63) is 0 Å². The number of hydrogen-bond donors (Lipinski definition) is 3. The van der Waals surface area contributed by atoms with Crippen LogP contribution in [0.3, 0.4) is 0 Å². The van der Waals surface area contributed by atoms with Gasteiger partial charge in [-0.2, -0.15) is 8.42 Å². The van der Waals surface area contributed by atoms with Gasteiger partial charge >= 0.3 is 0 Å². The summed E-state index contributed by atoms with van der Waals surface area (Å²) in [5.41, 5.74) is 0. The van der Waals surface area contributed by atoms with E-state index in [2.05, 4.69) is 14.8 Å². The Hall–Kier alpha value is -0.170. The first kappa shape index (κ1) is 11.9. The molecule has 1 atom stereocenters. The van der Waals surface area contributed by atoms with E-state index in [9.17, 15) is 8.42 Å². The molecule has 1 heterocycles. The maximum atomic E-state index is 10.9.